The monoisotopic (exact) mass is 298 g/mol. The molecule has 0 atom stereocenters. The fourth-order valence-corrected chi connectivity index (χ4v) is 2.28. The molecule has 0 amide bonds. The molecule has 1 N–H and O–H groups in total. The fraction of sp³-hybridized carbons (Fsp3) is 0.0833. The van der Waals surface area contributed by atoms with E-state index in [1.165, 1.54) is 24.5 Å². The maximum Gasteiger partial charge on any atom is 0.335 e. The number of carboxylic acids is 1. The molecule has 0 saturated heterocycles. The van der Waals surface area contributed by atoms with Crippen LogP contribution in [0.25, 0.3) is 0 Å². The summed E-state index contributed by atoms with van der Waals surface area (Å²) in [5.74, 6) is -1.17. The van der Waals surface area contributed by atoms with Crippen LogP contribution in [0.5, 0.6) is 0 Å². The summed E-state index contributed by atoms with van der Waals surface area (Å²) < 4.78 is 13.5. The van der Waals surface area contributed by atoms with Crippen LogP contribution in [0.2, 0.25) is 5.15 Å². The molecule has 0 fully saturated rings. The molecule has 1 aromatic heterocycles. The highest BCUT2D eigenvalue weighted by Gasteiger charge is 2.09. The van der Waals surface area contributed by atoms with E-state index in [4.69, 9.17) is 16.7 Å². The lowest BCUT2D eigenvalue weighted by atomic mass is 10.2. The lowest BCUT2D eigenvalue weighted by Gasteiger charge is -2.04. The largest absolute Gasteiger partial charge is 0.478 e. The highest BCUT2D eigenvalue weighted by atomic mass is 35.5. The van der Waals surface area contributed by atoms with E-state index in [0.717, 1.165) is 17.8 Å². The zero-order valence-electron chi connectivity index (χ0n) is 9.51. The first-order valence-corrected chi connectivity index (χ1v) is 6.54. The predicted molar refractivity (Wildman–Crippen MR) is 70.0 cm³/mol. The first kappa shape index (κ1) is 13.8. The standard InChI is InChI=1S/C12H8ClFN2O2S/c13-11-5-15-8(4-16-11)6-19-10-3-7(12(17)18)1-2-9(10)14/h1-5H,6H2,(H,17,18). The number of aromatic carboxylic acids is 1. The predicted octanol–water partition coefficient (Wildman–Crippen LogP) is 3.26. The number of carbonyl (C=O) groups is 1. The van der Waals surface area contributed by atoms with Gasteiger partial charge in [0.1, 0.15) is 11.0 Å². The van der Waals surface area contributed by atoms with Crippen molar-refractivity contribution < 1.29 is 14.3 Å². The molecule has 2 aromatic rings. The number of nitrogens with zero attached hydrogens (tertiary/aromatic N) is 2. The Morgan fingerprint density at radius 2 is 2.16 bits per heavy atom. The minimum absolute atomic E-state index is 0.0473. The molecule has 0 unspecified atom stereocenters. The molecule has 0 radical (unpaired) electrons. The first-order chi connectivity index (χ1) is 9.06. The topological polar surface area (TPSA) is 63.1 Å². The highest BCUT2D eigenvalue weighted by Crippen LogP contribution is 2.26. The van der Waals surface area contributed by atoms with E-state index in [1.54, 1.807) is 0 Å². The molecule has 19 heavy (non-hydrogen) atoms. The molecule has 4 nitrogen and oxygen atoms in total. The van der Waals surface area contributed by atoms with Gasteiger partial charge in [0, 0.05) is 10.6 Å². The van der Waals surface area contributed by atoms with Crippen LogP contribution in [0.3, 0.4) is 0 Å². The zero-order valence-corrected chi connectivity index (χ0v) is 11.1. The molecule has 7 heteroatoms. The molecular formula is C12H8ClFN2O2S. The number of hydrogen-bond acceptors (Lipinski definition) is 4. The number of carboxylic acid groups (broad SMARTS) is 1. The minimum atomic E-state index is -1.09. The summed E-state index contributed by atoms with van der Waals surface area (Å²) >= 11 is 6.76. The average Bonchev–Trinajstić information content (AvgIpc) is 2.39. The van der Waals surface area contributed by atoms with Gasteiger partial charge in [-0.15, -0.1) is 11.8 Å². The van der Waals surface area contributed by atoms with E-state index in [9.17, 15) is 9.18 Å². The Morgan fingerprint density at radius 1 is 1.37 bits per heavy atom. The SMILES string of the molecule is O=C(O)c1ccc(F)c(SCc2cnc(Cl)cn2)c1. The van der Waals surface area contributed by atoms with Crippen LogP contribution in [0.15, 0.2) is 35.5 Å². The molecule has 2 rings (SSSR count). The van der Waals surface area contributed by atoms with Crippen LogP contribution in [0.4, 0.5) is 4.39 Å². The van der Waals surface area contributed by atoms with Crippen LogP contribution in [0.1, 0.15) is 16.1 Å². The van der Waals surface area contributed by atoms with Crippen molar-refractivity contribution in [1.29, 1.82) is 0 Å². The number of benzene rings is 1. The maximum absolute atomic E-state index is 13.5. The quantitative estimate of drug-likeness (QED) is 0.878. The zero-order chi connectivity index (χ0) is 13.8. The summed E-state index contributed by atoms with van der Waals surface area (Å²) in [7, 11) is 0. The van der Waals surface area contributed by atoms with Gasteiger partial charge in [0.2, 0.25) is 0 Å². The molecular weight excluding hydrogens is 291 g/mol. The van der Waals surface area contributed by atoms with Gasteiger partial charge in [0.25, 0.3) is 0 Å². The van der Waals surface area contributed by atoms with Crippen molar-refractivity contribution >= 4 is 29.3 Å². The third-order valence-corrected chi connectivity index (χ3v) is 3.49. The molecule has 0 aliphatic carbocycles. The third kappa shape index (κ3) is 3.65. The van der Waals surface area contributed by atoms with Gasteiger partial charge in [-0.05, 0) is 18.2 Å². The Morgan fingerprint density at radius 3 is 2.79 bits per heavy atom. The number of thioether (sulfide) groups is 1. The third-order valence-electron chi connectivity index (χ3n) is 2.23. The number of hydrogen-bond donors (Lipinski definition) is 1. The minimum Gasteiger partial charge on any atom is -0.478 e. The summed E-state index contributed by atoms with van der Waals surface area (Å²) in [5.41, 5.74) is 0.681. The number of aromatic nitrogens is 2. The molecule has 98 valence electrons. The van der Waals surface area contributed by atoms with E-state index in [2.05, 4.69) is 9.97 Å². The van der Waals surface area contributed by atoms with Crippen molar-refractivity contribution in [2.45, 2.75) is 10.6 Å². The lowest BCUT2D eigenvalue weighted by molar-refractivity contribution is 0.0696. The van der Waals surface area contributed by atoms with Crippen LogP contribution < -0.4 is 0 Å². The Labute approximate surface area is 117 Å². The molecule has 1 heterocycles. The second kappa shape index (κ2) is 5.99. The normalized spacial score (nSPS) is 10.4. The first-order valence-electron chi connectivity index (χ1n) is 5.18. The molecule has 0 bridgehead atoms. The summed E-state index contributed by atoms with van der Waals surface area (Å²) in [4.78, 5) is 19.0. The van der Waals surface area contributed by atoms with Crippen molar-refractivity contribution in [3.63, 3.8) is 0 Å². The van der Waals surface area contributed by atoms with Crippen molar-refractivity contribution in [3.05, 3.63) is 52.8 Å². The van der Waals surface area contributed by atoms with Crippen molar-refractivity contribution in [2.24, 2.45) is 0 Å². The number of rotatable bonds is 4. The van der Waals surface area contributed by atoms with Gasteiger partial charge in [-0.25, -0.2) is 14.2 Å². The van der Waals surface area contributed by atoms with Crippen molar-refractivity contribution in [2.75, 3.05) is 0 Å². The second-order valence-electron chi connectivity index (χ2n) is 3.57. The Hall–Kier alpha value is -1.66. The second-order valence-corrected chi connectivity index (χ2v) is 4.97. The van der Waals surface area contributed by atoms with Crippen molar-refractivity contribution in [1.82, 2.24) is 9.97 Å². The lowest BCUT2D eigenvalue weighted by Crippen LogP contribution is -1.97. The summed E-state index contributed by atoms with van der Waals surface area (Å²) in [6, 6.07) is 3.66. The van der Waals surface area contributed by atoms with E-state index in [1.807, 2.05) is 0 Å². The van der Waals surface area contributed by atoms with Gasteiger partial charge in [-0.1, -0.05) is 11.6 Å². The maximum atomic E-state index is 13.5. The smallest absolute Gasteiger partial charge is 0.335 e. The number of halogens is 2. The van der Waals surface area contributed by atoms with Crippen LogP contribution in [-0.4, -0.2) is 21.0 Å². The molecule has 0 aliphatic heterocycles. The van der Waals surface area contributed by atoms with E-state index in [-0.39, 0.29) is 15.6 Å². The Bertz CT molecular complexity index is 607. The molecule has 1 aromatic carbocycles. The van der Waals surface area contributed by atoms with E-state index < -0.39 is 11.8 Å². The van der Waals surface area contributed by atoms with Gasteiger partial charge < -0.3 is 5.11 Å². The molecule has 0 saturated carbocycles. The van der Waals surface area contributed by atoms with Crippen LogP contribution in [-0.2, 0) is 5.75 Å². The summed E-state index contributed by atoms with van der Waals surface area (Å²) in [6.07, 6.45) is 2.90. The van der Waals surface area contributed by atoms with Crippen molar-refractivity contribution in [3.8, 4) is 0 Å². The fourth-order valence-electron chi connectivity index (χ4n) is 1.31. The Kier molecular flexibility index (Phi) is 4.34. The van der Waals surface area contributed by atoms with Gasteiger partial charge in [0.05, 0.1) is 23.7 Å². The highest BCUT2D eigenvalue weighted by molar-refractivity contribution is 7.98. The Balaban J connectivity index is 2.12. The summed E-state index contributed by atoms with van der Waals surface area (Å²) in [5, 5.41) is 9.13. The molecule has 0 spiro atoms. The molecule has 0 aliphatic rings. The van der Waals surface area contributed by atoms with Crippen LogP contribution in [0, 0.1) is 5.82 Å². The van der Waals surface area contributed by atoms with Gasteiger partial charge >= 0.3 is 5.97 Å². The van der Waals surface area contributed by atoms with Gasteiger partial charge in [0.15, 0.2) is 0 Å². The summed E-state index contributed by atoms with van der Waals surface area (Å²) in [6.45, 7) is 0. The van der Waals surface area contributed by atoms with Gasteiger partial charge in [-0.2, -0.15) is 0 Å². The average molecular weight is 299 g/mol. The van der Waals surface area contributed by atoms with E-state index >= 15 is 0 Å². The van der Waals surface area contributed by atoms with Gasteiger partial charge in [-0.3, -0.25) is 4.98 Å². The van der Waals surface area contributed by atoms with Crippen LogP contribution >= 0.6 is 23.4 Å². The van der Waals surface area contributed by atoms with E-state index in [0.29, 0.717) is 11.4 Å².